The van der Waals surface area contributed by atoms with Gasteiger partial charge in [-0.1, -0.05) is 6.07 Å². The number of carbonyl (C=O) groups is 1. The van der Waals surface area contributed by atoms with E-state index in [4.69, 9.17) is 4.74 Å². The van der Waals surface area contributed by atoms with Crippen molar-refractivity contribution < 1.29 is 9.53 Å². The van der Waals surface area contributed by atoms with Gasteiger partial charge in [-0.3, -0.25) is 4.79 Å². The first-order valence-electron chi connectivity index (χ1n) is 6.60. The van der Waals surface area contributed by atoms with Crippen molar-refractivity contribution in [1.29, 1.82) is 0 Å². The lowest BCUT2D eigenvalue weighted by Crippen LogP contribution is -2.37. The van der Waals surface area contributed by atoms with Gasteiger partial charge in [-0.05, 0) is 19.1 Å². The van der Waals surface area contributed by atoms with E-state index in [0.717, 1.165) is 13.1 Å². The van der Waals surface area contributed by atoms with E-state index >= 15 is 0 Å². The van der Waals surface area contributed by atoms with Crippen LogP contribution in [0.2, 0.25) is 0 Å². The number of morpholine rings is 1. The zero-order valence-corrected chi connectivity index (χ0v) is 11.3. The van der Waals surface area contributed by atoms with Crippen LogP contribution in [0.25, 0.3) is 5.82 Å². The molecule has 0 amide bonds. The average molecular weight is 272 g/mol. The Bertz CT molecular complexity index is 603. The lowest BCUT2D eigenvalue weighted by molar-refractivity contribution is 0.101. The van der Waals surface area contributed by atoms with Gasteiger partial charge in [-0.15, -0.1) is 5.10 Å². The molecule has 0 bridgehead atoms. The van der Waals surface area contributed by atoms with Crippen molar-refractivity contribution in [2.45, 2.75) is 6.92 Å². The second-order valence-corrected chi connectivity index (χ2v) is 4.65. The Labute approximate surface area is 117 Å². The van der Waals surface area contributed by atoms with Gasteiger partial charge in [0.2, 0.25) is 0 Å². The summed E-state index contributed by atoms with van der Waals surface area (Å²) in [5.41, 5.74) is 0.623. The van der Waals surface area contributed by atoms with Crippen LogP contribution in [-0.2, 0) is 4.74 Å². The number of nitrogens with zero attached hydrogens (tertiary/aromatic N) is 4. The highest BCUT2D eigenvalue weighted by molar-refractivity contribution is 5.98. The van der Waals surface area contributed by atoms with Crippen molar-refractivity contribution in [3.63, 3.8) is 0 Å². The molecule has 3 rings (SSSR count). The molecule has 1 aliphatic rings. The molecule has 2 aromatic rings. The molecular weight excluding hydrogens is 256 g/mol. The molecule has 0 unspecified atom stereocenters. The standard InChI is InChI=1S/C14H16N4O2/c1-11(19)12-10-18(13-4-2-3-5-15-13)16-14(12)17-6-8-20-9-7-17/h2-5,10H,6-9H2,1H3. The van der Waals surface area contributed by atoms with Crippen molar-refractivity contribution in [3.05, 3.63) is 36.2 Å². The third kappa shape index (κ3) is 2.42. The summed E-state index contributed by atoms with van der Waals surface area (Å²) in [4.78, 5) is 18.2. The zero-order chi connectivity index (χ0) is 13.9. The van der Waals surface area contributed by atoms with Gasteiger partial charge in [0, 0.05) is 25.5 Å². The van der Waals surface area contributed by atoms with Crippen molar-refractivity contribution in [1.82, 2.24) is 14.8 Å². The minimum Gasteiger partial charge on any atom is -0.378 e. The van der Waals surface area contributed by atoms with Gasteiger partial charge in [0.1, 0.15) is 0 Å². The van der Waals surface area contributed by atoms with Crippen LogP contribution in [-0.4, -0.2) is 46.9 Å². The number of ketones is 1. The van der Waals surface area contributed by atoms with Crippen LogP contribution < -0.4 is 4.90 Å². The Morgan fingerprint density at radius 1 is 1.30 bits per heavy atom. The van der Waals surface area contributed by atoms with Crippen LogP contribution >= 0.6 is 0 Å². The molecular formula is C14H16N4O2. The summed E-state index contributed by atoms with van der Waals surface area (Å²) in [7, 11) is 0. The molecule has 6 nitrogen and oxygen atoms in total. The highest BCUT2D eigenvalue weighted by Crippen LogP contribution is 2.21. The molecule has 0 saturated carbocycles. The molecule has 0 radical (unpaired) electrons. The van der Waals surface area contributed by atoms with Crippen molar-refractivity contribution in [3.8, 4) is 5.82 Å². The molecule has 0 aliphatic carbocycles. The molecule has 1 saturated heterocycles. The summed E-state index contributed by atoms with van der Waals surface area (Å²) in [5.74, 6) is 1.43. The van der Waals surface area contributed by atoms with Gasteiger partial charge >= 0.3 is 0 Å². The number of hydrogen-bond acceptors (Lipinski definition) is 5. The monoisotopic (exact) mass is 272 g/mol. The molecule has 1 aliphatic heterocycles. The molecule has 3 heterocycles. The minimum absolute atomic E-state index is 0.00803. The van der Waals surface area contributed by atoms with Crippen LogP contribution in [0, 0.1) is 0 Å². The maximum absolute atomic E-state index is 11.8. The van der Waals surface area contributed by atoms with Crippen LogP contribution in [0.5, 0.6) is 0 Å². The summed E-state index contributed by atoms with van der Waals surface area (Å²) >= 11 is 0. The van der Waals surface area contributed by atoms with Gasteiger partial charge in [-0.25, -0.2) is 9.67 Å². The normalized spacial score (nSPS) is 15.3. The van der Waals surface area contributed by atoms with Gasteiger partial charge < -0.3 is 9.64 Å². The van der Waals surface area contributed by atoms with Gasteiger partial charge in [0.25, 0.3) is 0 Å². The minimum atomic E-state index is 0.00803. The molecule has 104 valence electrons. The van der Waals surface area contributed by atoms with E-state index in [1.54, 1.807) is 24.0 Å². The zero-order valence-electron chi connectivity index (χ0n) is 11.3. The topological polar surface area (TPSA) is 60.2 Å². The lowest BCUT2D eigenvalue weighted by atomic mass is 10.2. The summed E-state index contributed by atoms with van der Waals surface area (Å²) in [6.07, 6.45) is 3.45. The molecule has 0 aromatic carbocycles. The Balaban J connectivity index is 2.00. The first-order chi connectivity index (χ1) is 9.75. The van der Waals surface area contributed by atoms with E-state index in [2.05, 4.69) is 15.0 Å². The van der Waals surface area contributed by atoms with Crippen LogP contribution in [0.1, 0.15) is 17.3 Å². The smallest absolute Gasteiger partial charge is 0.165 e. The Hall–Kier alpha value is -2.21. The fourth-order valence-corrected chi connectivity index (χ4v) is 2.23. The number of aromatic nitrogens is 3. The number of rotatable bonds is 3. The Morgan fingerprint density at radius 3 is 2.75 bits per heavy atom. The van der Waals surface area contributed by atoms with Crippen molar-refractivity contribution in [2.24, 2.45) is 0 Å². The maximum Gasteiger partial charge on any atom is 0.165 e. The molecule has 20 heavy (non-hydrogen) atoms. The molecule has 0 spiro atoms. The average Bonchev–Trinajstić information content (AvgIpc) is 2.94. The van der Waals surface area contributed by atoms with Crippen LogP contribution in [0.15, 0.2) is 30.6 Å². The summed E-state index contributed by atoms with van der Waals surface area (Å²) in [6.45, 7) is 4.38. The maximum atomic E-state index is 11.8. The van der Waals surface area contributed by atoms with E-state index in [0.29, 0.717) is 30.4 Å². The molecule has 0 N–H and O–H groups in total. The number of Topliss-reactive ketones (excluding diaryl/α,β-unsaturated/α-hetero) is 1. The van der Waals surface area contributed by atoms with E-state index in [1.165, 1.54) is 0 Å². The second kappa shape index (κ2) is 5.42. The molecule has 2 aromatic heterocycles. The molecule has 6 heteroatoms. The van der Waals surface area contributed by atoms with Crippen LogP contribution in [0.3, 0.4) is 0 Å². The van der Waals surface area contributed by atoms with Crippen molar-refractivity contribution >= 4 is 11.6 Å². The Kier molecular flexibility index (Phi) is 3.47. The second-order valence-electron chi connectivity index (χ2n) is 4.65. The largest absolute Gasteiger partial charge is 0.378 e. The number of ether oxygens (including phenoxy) is 1. The van der Waals surface area contributed by atoms with E-state index in [-0.39, 0.29) is 5.78 Å². The first kappa shape index (κ1) is 12.8. The quantitative estimate of drug-likeness (QED) is 0.788. The number of pyridine rings is 1. The predicted molar refractivity (Wildman–Crippen MR) is 74.4 cm³/mol. The Morgan fingerprint density at radius 2 is 2.10 bits per heavy atom. The van der Waals surface area contributed by atoms with E-state index in [1.807, 2.05) is 18.2 Å². The third-order valence-electron chi connectivity index (χ3n) is 3.27. The third-order valence-corrected chi connectivity index (χ3v) is 3.27. The van der Waals surface area contributed by atoms with Crippen molar-refractivity contribution in [2.75, 3.05) is 31.2 Å². The number of carbonyl (C=O) groups excluding carboxylic acids is 1. The summed E-state index contributed by atoms with van der Waals surface area (Å²) < 4.78 is 6.99. The molecule has 1 fully saturated rings. The fourth-order valence-electron chi connectivity index (χ4n) is 2.23. The summed E-state index contributed by atoms with van der Waals surface area (Å²) in [5, 5.41) is 4.53. The van der Waals surface area contributed by atoms with E-state index < -0.39 is 0 Å². The molecule has 0 atom stereocenters. The van der Waals surface area contributed by atoms with Gasteiger partial charge in [0.15, 0.2) is 17.4 Å². The number of hydrogen-bond donors (Lipinski definition) is 0. The number of anilines is 1. The highest BCUT2D eigenvalue weighted by Gasteiger charge is 2.21. The first-order valence-corrected chi connectivity index (χ1v) is 6.60. The SMILES string of the molecule is CC(=O)c1cn(-c2ccccn2)nc1N1CCOCC1. The lowest BCUT2D eigenvalue weighted by Gasteiger charge is -2.27. The van der Waals surface area contributed by atoms with E-state index in [9.17, 15) is 4.79 Å². The fraction of sp³-hybridized carbons (Fsp3) is 0.357. The highest BCUT2D eigenvalue weighted by atomic mass is 16.5. The summed E-state index contributed by atoms with van der Waals surface area (Å²) in [6, 6.07) is 5.60. The van der Waals surface area contributed by atoms with Gasteiger partial charge in [-0.2, -0.15) is 0 Å². The van der Waals surface area contributed by atoms with Gasteiger partial charge in [0.05, 0.1) is 18.8 Å². The van der Waals surface area contributed by atoms with Crippen LogP contribution in [0.4, 0.5) is 5.82 Å². The predicted octanol–water partition coefficient (Wildman–Crippen LogP) is 1.31.